The molecule has 0 aliphatic carbocycles. The zero-order valence-electron chi connectivity index (χ0n) is 11.3. The van der Waals surface area contributed by atoms with Crippen molar-refractivity contribution < 1.29 is 18.3 Å². The largest absolute Gasteiger partial charge is 0.480 e. The standard InChI is InChI=1S/C13H16N2O4S/c1-3-10(2)15(9-13(16)17)20(18,19)12-6-4-5-11(7-12)8-14/h4-7,10H,3,9H2,1-2H3,(H,16,17). The minimum atomic E-state index is -3.94. The van der Waals surface area contributed by atoms with Gasteiger partial charge in [-0.2, -0.15) is 9.57 Å². The van der Waals surface area contributed by atoms with E-state index in [-0.39, 0.29) is 10.5 Å². The molecule has 1 unspecified atom stereocenters. The van der Waals surface area contributed by atoms with Crippen molar-refractivity contribution in [2.75, 3.05) is 6.54 Å². The van der Waals surface area contributed by atoms with Gasteiger partial charge in [0.25, 0.3) is 0 Å². The molecule has 0 fully saturated rings. The van der Waals surface area contributed by atoms with Crippen LogP contribution in [0, 0.1) is 11.3 Å². The van der Waals surface area contributed by atoms with Gasteiger partial charge in [0.05, 0.1) is 16.5 Å². The van der Waals surface area contributed by atoms with E-state index in [1.165, 1.54) is 24.3 Å². The summed E-state index contributed by atoms with van der Waals surface area (Å²) in [7, 11) is -3.94. The molecule has 1 rings (SSSR count). The van der Waals surface area contributed by atoms with Crippen LogP contribution in [-0.4, -0.2) is 36.4 Å². The third-order valence-corrected chi connectivity index (χ3v) is 4.90. The Kier molecular flexibility index (Phi) is 5.25. The van der Waals surface area contributed by atoms with Crippen LogP contribution in [0.5, 0.6) is 0 Å². The van der Waals surface area contributed by atoms with Gasteiger partial charge in [0, 0.05) is 6.04 Å². The fraction of sp³-hybridized carbons (Fsp3) is 0.385. The molecule has 6 nitrogen and oxygen atoms in total. The summed E-state index contributed by atoms with van der Waals surface area (Å²) < 4.78 is 25.9. The van der Waals surface area contributed by atoms with Crippen LogP contribution < -0.4 is 0 Å². The van der Waals surface area contributed by atoms with Crippen LogP contribution in [0.15, 0.2) is 29.2 Å². The number of benzene rings is 1. The van der Waals surface area contributed by atoms with Crippen molar-refractivity contribution >= 4 is 16.0 Å². The van der Waals surface area contributed by atoms with Crippen LogP contribution in [0.2, 0.25) is 0 Å². The SMILES string of the molecule is CCC(C)N(CC(=O)O)S(=O)(=O)c1cccc(C#N)c1. The normalized spacial score (nSPS) is 12.9. The lowest BCUT2D eigenvalue weighted by Gasteiger charge is -2.26. The minimum Gasteiger partial charge on any atom is -0.480 e. The fourth-order valence-corrected chi connectivity index (χ4v) is 3.38. The molecule has 0 bridgehead atoms. The highest BCUT2D eigenvalue weighted by atomic mass is 32.2. The highest BCUT2D eigenvalue weighted by molar-refractivity contribution is 7.89. The van der Waals surface area contributed by atoms with Gasteiger partial charge in [-0.1, -0.05) is 13.0 Å². The molecule has 108 valence electrons. The first-order chi connectivity index (χ1) is 9.32. The number of sulfonamides is 1. The van der Waals surface area contributed by atoms with Crippen molar-refractivity contribution in [2.45, 2.75) is 31.2 Å². The average molecular weight is 296 g/mol. The maximum atomic E-state index is 12.5. The molecule has 0 spiro atoms. The maximum Gasteiger partial charge on any atom is 0.318 e. The van der Waals surface area contributed by atoms with Gasteiger partial charge < -0.3 is 5.11 Å². The van der Waals surface area contributed by atoms with Crippen LogP contribution in [0.1, 0.15) is 25.8 Å². The number of carbonyl (C=O) groups is 1. The molecule has 1 atom stereocenters. The Morgan fingerprint density at radius 2 is 2.15 bits per heavy atom. The molecule has 7 heteroatoms. The van der Waals surface area contributed by atoms with Crippen LogP contribution in [-0.2, 0) is 14.8 Å². The van der Waals surface area contributed by atoms with E-state index in [2.05, 4.69) is 0 Å². The van der Waals surface area contributed by atoms with E-state index < -0.39 is 28.6 Å². The van der Waals surface area contributed by atoms with Crippen LogP contribution >= 0.6 is 0 Å². The number of nitriles is 1. The van der Waals surface area contributed by atoms with E-state index in [1.54, 1.807) is 13.8 Å². The molecular weight excluding hydrogens is 280 g/mol. The Bertz CT molecular complexity index is 634. The molecule has 0 heterocycles. The van der Waals surface area contributed by atoms with E-state index in [1.807, 2.05) is 6.07 Å². The van der Waals surface area contributed by atoms with E-state index in [9.17, 15) is 13.2 Å². The first-order valence-electron chi connectivity index (χ1n) is 6.06. The molecule has 20 heavy (non-hydrogen) atoms. The van der Waals surface area contributed by atoms with Crippen LogP contribution in [0.4, 0.5) is 0 Å². The number of aliphatic carboxylic acids is 1. The monoisotopic (exact) mass is 296 g/mol. The third kappa shape index (κ3) is 3.56. The maximum absolute atomic E-state index is 12.5. The van der Waals surface area contributed by atoms with Gasteiger partial charge in [-0.15, -0.1) is 0 Å². The predicted molar refractivity (Wildman–Crippen MR) is 72.4 cm³/mol. The highest BCUT2D eigenvalue weighted by Gasteiger charge is 2.30. The minimum absolute atomic E-state index is 0.0712. The molecule has 0 aromatic heterocycles. The Hall–Kier alpha value is -1.91. The predicted octanol–water partition coefficient (Wildman–Crippen LogP) is 1.43. The van der Waals surface area contributed by atoms with E-state index in [4.69, 9.17) is 10.4 Å². The third-order valence-electron chi connectivity index (χ3n) is 2.94. The van der Waals surface area contributed by atoms with Gasteiger partial charge in [-0.3, -0.25) is 4.79 Å². The van der Waals surface area contributed by atoms with E-state index in [0.29, 0.717) is 6.42 Å². The summed E-state index contributed by atoms with van der Waals surface area (Å²) in [4.78, 5) is 10.8. The smallest absolute Gasteiger partial charge is 0.318 e. The van der Waals surface area contributed by atoms with Crippen LogP contribution in [0.3, 0.4) is 0 Å². The molecule has 1 N–H and O–H groups in total. The van der Waals surface area contributed by atoms with Crippen LogP contribution in [0.25, 0.3) is 0 Å². The molecule has 0 aliphatic rings. The molecule has 1 aromatic rings. The number of nitrogens with zero attached hydrogens (tertiary/aromatic N) is 2. The number of rotatable bonds is 6. The lowest BCUT2D eigenvalue weighted by Crippen LogP contribution is -2.41. The van der Waals surface area contributed by atoms with Crippen molar-refractivity contribution in [2.24, 2.45) is 0 Å². The Labute approximate surface area is 118 Å². The Balaban J connectivity index is 3.28. The van der Waals surface area contributed by atoms with Crippen molar-refractivity contribution in [1.29, 1.82) is 5.26 Å². The lowest BCUT2D eigenvalue weighted by atomic mass is 10.2. The first-order valence-corrected chi connectivity index (χ1v) is 7.50. The average Bonchev–Trinajstić information content (AvgIpc) is 2.43. The van der Waals surface area contributed by atoms with Gasteiger partial charge in [0.15, 0.2) is 0 Å². The topological polar surface area (TPSA) is 98.5 Å². The Morgan fingerprint density at radius 3 is 2.65 bits per heavy atom. The second-order valence-corrected chi connectivity index (χ2v) is 6.23. The molecule has 0 aliphatic heterocycles. The summed E-state index contributed by atoms with van der Waals surface area (Å²) in [6, 6.07) is 6.97. The highest BCUT2D eigenvalue weighted by Crippen LogP contribution is 2.20. The van der Waals surface area contributed by atoms with Crippen molar-refractivity contribution in [1.82, 2.24) is 4.31 Å². The Morgan fingerprint density at radius 1 is 1.50 bits per heavy atom. The first kappa shape index (κ1) is 16.1. The second-order valence-electron chi connectivity index (χ2n) is 4.34. The number of carboxylic acids is 1. The van der Waals surface area contributed by atoms with Gasteiger partial charge in [0.2, 0.25) is 10.0 Å². The zero-order chi connectivity index (χ0) is 15.3. The number of hydrogen-bond donors (Lipinski definition) is 1. The van der Waals surface area contributed by atoms with Gasteiger partial charge in [-0.05, 0) is 31.5 Å². The van der Waals surface area contributed by atoms with Gasteiger partial charge in [-0.25, -0.2) is 8.42 Å². The summed E-state index contributed by atoms with van der Waals surface area (Å²) in [5.74, 6) is -1.22. The quantitative estimate of drug-likeness (QED) is 0.856. The number of carboxylic acid groups (broad SMARTS) is 1. The molecule has 0 saturated heterocycles. The second kappa shape index (κ2) is 6.50. The van der Waals surface area contributed by atoms with Gasteiger partial charge >= 0.3 is 5.97 Å². The van der Waals surface area contributed by atoms with E-state index in [0.717, 1.165) is 4.31 Å². The summed E-state index contributed by atoms with van der Waals surface area (Å²) >= 11 is 0. The molecule has 0 amide bonds. The number of hydrogen-bond acceptors (Lipinski definition) is 4. The molecular formula is C13H16N2O4S. The fourth-order valence-electron chi connectivity index (χ4n) is 1.68. The molecule has 0 saturated carbocycles. The summed E-state index contributed by atoms with van der Waals surface area (Å²) in [5, 5.41) is 17.7. The lowest BCUT2D eigenvalue weighted by molar-refractivity contribution is -0.137. The van der Waals surface area contributed by atoms with E-state index >= 15 is 0 Å². The summed E-state index contributed by atoms with van der Waals surface area (Å²) in [6.45, 7) is 2.82. The zero-order valence-corrected chi connectivity index (χ0v) is 12.1. The summed E-state index contributed by atoms with van der Waals surface area (Å²) in [5.41, 5.74) is 0.213. The summed E-state index contributed by atoms with van der Waals surface area (Å²) in [6.07, 6.45) is 0.491. The van der Waals surface area contributed by atoms with Crippen molar-refractivity contribution in [3.05, 3.63) is 29.8 Å². The molecule has 0 radical (unpaired) electrons. The van der Waals surface area contributed by atoms with Gasteiger partial charge in [0.1, 0.15) is 6.54 Å². The van der Waals surface area contributed by atoms with Crippen molar-refractivity contribution in [3.63, 3.8) is 0 Å². The molecule has 1 aromatic carbocycles. The van der Waals surface area contributed by atoms with Crippen molar-refractivity contribution in [3.8, 4) is 6.07 Å².